The third-order valence-electron chi connectivity index (χ3n) is 4.96. The molecular formula is C19H19ClN4O3S2. The van der Waals surface area contributed by atoms with E-state index in [0.29, 0.717) is 34.7 Å². The fourth-order valence-corrected chi connectivity index (χ4v) is 5.59. The van der Waals surface area contributed by atoms with Gasteiger partial charge in [-0.2, -0.15) is 4.31 Å². The maximum atomic E-state index is 13.1. The highest BCUT2D eigenvalue weighted by Gasteiger charge is 2.32. The van der Waals surface area contributed by atoms with Crippen LogP contribution < -0.4 is 0 Å². The number of rotatable bonds is 4. The third kappa shape index (κ3) is 3.75. The Hall–Kier alpha value is -2.07. The number of nitrogens with one attached hydrogen (secondary N) is 1. The lowest BCUT2D eigenvalue weighted by Crippen LogP contribution is -2.50. The number of sulfonamides is 1. The zero-order valence-electron chi connectivity index (χ0n) is 15.6. The van der Waals surface area contributed by atoms with Gasteiger partial charge in [-0.1, -0.05) is 11.6 Å². The summed E-state index contributed by atoms with van der Waals surface area (Å²) < 4.78 is 27.6. The summed E-state index contributed by atoms with van der Waals surface area (Å²) in [4.78, 5) is 22.7. The number of amides is 1. The van der Waals surface area contributed by atoms with Gasteiger partial charge in [0, 0.05) is 48.9 Å². The highest BCUT2D eigenvalue weighted by atomic mass is 35.5. The number of thioether (sulfide) groups is 1. The smallest absolute Gasteiger partial charge is 0.255 e. The Balaban J connectivity index is 1.51. The second-order valence-corrected chi connectivity index (χ2v) is 9.79. The number of pyridine rings is 1. The number of nitrogens with zero attached hydrogens (tertiary/aromatic N) is 3. The lowest BCUT2D eigenvalue weighted by atomic mass is 10.2. The van der Waals surface area contributed by atoms with Crippen molar-refractivity contribution in [2.24, 2.45) is 0 Å². The summed E-state index contributed by atoms with van der Waals surface area (Å²) in [6.45, 7) is 1.05. The highest BCUT2D eigenvalue weighted by Crippen LogP contribution is 2.27. The number of hydrogen-bond acceptors (Lipinski definition) is 5. The van der Waals surface area contributed by atoms with Crippen LogP contribution in [0.4, 0.5) is 0 Å². The third-order valence-corrected chi connectivity index (χ3v) is 7.95. The molecule has 0 atom stereocenters. The Kier molecular flexibility index (Phi) is 5.56. The molecule has 4 rings (SSSR count). The lowest BCUT2D eigenvalue weighted by Gasteiger charge is -2.34. The van der Waals surface area contributed by atoms with Crippen LogP contribution in [0.2, 0.25) is 5.02 Å². The molecule has 0 bridgehead atoms. The first kappa shape index (κ1) is 20.2. The number of piperazine rings is 1. The first-order valence-electron chi connectivity index (χ1n) is 8.97. The van der Waals surface area contributed by atoms with E-state index in [1.165, 1.54) is 22.3 Å². The van der Waals surface area contributed by atoms with Gasteiger partial charge in [-0.25, -0.2) is 13.4 Å². The minimum atomic E-state index is -3.68. The first-order valence-corrected chi connectivity index (χ1v) is 12.0. The van der Waals surface area contributed by atoms with Crippen LogP contribution in [0.25, 0.3) is 11.0 Å². The van der Waals surface area contributed by atoms with Crippen molar-refractivity contribution in [1.82, 2.24) is 19.2 Å². The van der Waals surface area contributed by atoms with Crippen LogP contribution in [0.3, 0.4) is 0 Å². The maximum absolute atomic E-state index is 13.1. The van der Waals surface area contributed by atoms with Crippen LogP contribution in [0.15, 0.2) is 52.5 Å². The van der Waals surface area contributed by atoms with Crippen molar-refractivity contribution in [2.45, 2.75) is 9.79 Å². The average Bonchev–Trinajstić information content (AvgIpc) is 3.19. The Morgan fingerprint density at radius 3 is 2.69 bits per heavy atom. The van der Waals surface area contributed by atoms with Crippen LogP contribution >= 0.6 is 23.4 Å². The molecule has 0 radical (unpaired) electrons. The maximum Gasteiger partial charge on any atom is 0.255 e. The van der Waals surface area contributed by atoms with Crippen molar-refractivity contribution in [3.63, 3.8) is 0 Å². The van der Waals surface area contributed by atoms with E-state index >= 15 is 0 Å². The first-order chi connectivity index (χ1) is 13.9. The molecule has 0 aliphatic carbocycles. The van der Waals surface area contributed by atoms with Gasteiger partial charge < -0.3 is 9.88 Å². The molecule has 3 heterocycles. The van der Waals surface area contributed by atoms with E-state index in [4.69, 9.17) is 11.6 Å². The molecule has 0 spiro atoms. The van der Waals surface area contributed by atoms with Crippen molar-refractivity contribution >= 4 is 50.3 Å². The molecule has 29 heavy (non-hydrogen) atoms. The van der Waals surface area contributed by atoms with E-state index in [1.54, 1.807) is 35.4 Å². The molecule has 1 fully saturated rings. The summed E-state index contributed by atoms with van der Waals surface area (Å²) in [5.41, 5.74) is 0.973. The van der Waals surface area contributed by atoms with Crippen LogP contribution in [0.5, 0.6) is 0 Å². The van der Waals surface area contributed by atoms with Crippen molar-refractivity contribution < 1.29 is 13.2 Å². The van der Waals surface area contributed by atoms with E-state index in [9.17, 15) is 13.2 Å². The molecule has 1 saturated heterocycles. The number of aromatic amines is 1. The van der Waals surface area contributed by atoms with Gasteiger partial charge in [-0.15, -0.1) is 11.8 Å². The van der Waals surface area contributed by atoms with Crippen LogP contribution in [-0.4, -0.2) is 65.9 Å². The zero-order valence-corrected chi connectivity index (χ0v) is 18.0. The standard InChI is InChI=1S/C19H19ClN4O3S2/c1-28-13-4-5-16(20)15(11-13)19(25)23-7-9-24(10-8-23)29(26,27)17-12-22-18-14(17)3-2-6-21-18/h2-6,11-12H,7-10H2,1H3,(H,21,22). The molecule has 0 saturated carbocycles. The highest BCUT2D eigenvalue weighted by molar-refractivity contribution is 7.98. The minimum absolute atomic E-state index is 0.181. The molecule has 1 amide bonds. The summed E-state index contributed by atoms with van der Waals surface area (Å²) >= 11 is 7.75. The molecule has 7 nitrogen and oxygen atoms in total. The van der Waals surface area contributed by atoms with Gasteiger partial charge in [0.2, 0.25) is 10.0 Å². The minimum Gasteiger partial charge on any atom is -0.345 e. The molecule has 1 aromatic carbocycles. The fourth-order valence-electron chi connectivity index (χ4n) is 3.38. The van der Waals surface area contributed by atoms with E-state index in [1.807, 2.05) is 12.3 Å². The molecule has 152 valence electrons. The Bertz CT molecular complexity index is 1170. The zero-order chi connectivity index (χ0) is 20.6. The fraction of sp³-hybridized carbons (Fsp3) is 0.263. The SMILES string of the molecule is CSc1ccc(Cl)c(C(=O)N2CCN(S(=O)(=O)c3c[nH]c4ncccc34)CC2)c1. The molecule has 0 unspecified atom stereocenters. The Morgan fingerprint density at radius 1 is 1.21 bits per heavy atom. The van der Waals surface area contributed by atoms with Gasteiger partial charge in [0.05, 0.1) is 10.6 Å². The van der Waals surface area contributed by atoms with Crippen molar-refractivity contribution in [2.75, 3.05) is 32.4 Å². The second kappa shape index (κ2) is 7.98. The van der Waals surface area contributed by atoms with Crippen LogP contribution in [-0.2, 0) is 10.0 Å². The Morgan fingerprint density at radius 2 is 1.97 bits per heavy atom. The molecule has 3 aromatic rings. The van der Waals surface area contributed by atoms with Gasteiger partial charge in [0.25, 0.3) is 5.91 Å². The molecule has 1 aliphatic rings. The number of H-pyrrole nitrogens is 1. The average molecular weight is 451 g/mol. The van der Waals surface area contributed by atoms with E-state index < -0.39 is 10.0 Å². The summed E-state index contributed by atoms with van der Waals surface area (Å²) in [7, 11) is -3.68. The number of carbonyl (C=O) groups excluding carboxylic acids is 1. The number of aromatic nitrogens is 2. The number of halogens is 1. The Labute approximate surface area is 178 Å². The summed E-state index contributed by atoms with van der Waals surface area (Å²) in [5, 5.41) is 0.959. The molecule has 1 aliphatic heterocycles. The van der Waals surface area contributed by atoms with Crippen molar-refractivity contribution in [1.29, 1.82) is 0 Å². The van der Waals surface area contributed by atoms with Gasteiger partial charge in [-0.3, -0.25) is 4.79 Å². The van der Waals surface area contributed by atoms with Gasteiger partial charge in [0.15, 0.2) is 0 Å². The quantitative estimate of drug-likeness (QED) is 0.617. The van der Waals surface area contributed by atoms with E-state index in [-0.39, 0.29) is 23.9 Å². The molecule has 10 heteroatoms. The number of hydrogen-bond donors (Lipinski definition) is 1. The normalized spacial score (nSPS) is 15.7. The lowest BCUT2D eigenvalue weighted by molar-refractivity contribution is 0.0698. The van der Waals surface area contributed by atoms with Crippen LogP contribution in [0, 0.1) is 0 Å². The number of benzene rings is 1. The summed E-state index contributed by atoms with van der Waals surface area (Å²) in [6.07, 6.45) is 5.01. The second-order valence-electron chi connectivity index (χ2n) is 6.59. The van der Waals surface area contributed by atoms with E-state index in [2.05, 4.69) is 9.97 Å². The van der Waals surface area contributed by atoms with Crippen molar-refractivity contribution in [3.8, 4) is 0 Å². The largest absolute Gasteiger partial charge is 0.345 e. The molecule has 2 aromatic heterocycles. The number of carbonyl (C=O) groups is 1. The predicted octanol–water partition coefficient (Wildman–Crippen LogP) is 3.08. The van der Waals surface area contributed by atoms with Gasteiger partial charge >= 0.3 is 0 Å². The van der Waals surface area contributed by atoms with Crippen molar-refractivity contribution in [3.05, 3.63) is 53.3 Å². The van der Waals surface area contributed by atoms with Gasteiger partial charge in [0.1, 0.15) is 10.5 Å². The predicted molar refractivity (Wildman–Crippen MR) is 114 cm³/mol. The summed E-state index contributed by atoms with van der Waals surface area (Å²) in [5.74, 6) is -0.181. The molecular weight excluding hydrogens is 432 g/mol. The molecule has 1 N–H and O–H groups in total. The monoisotopic (exact) mass is 450 g/mol. The van der Waals surface area contributed by atoms with Gasteiger partial charge in [-0.05, 0) is 36.6 Å². The number of fused-ring (bicyclic) bond motifs is 1. The van der Waals surface area contributed by atoms with E-state index in [0.717, 1.165) is 4.90 Å². The topological polar surface area (TPSA) is 86.4 Å². The summed E-state index contributed by atoms with van der Waals surface area (Å²) in [6, 6.07) is 8.79. The van der Waals surface area contributed by atoms with Crippen LogP contribution in [0.1, 0.15) is 10.4 Å².